The van der Waals surface area contributed by atoms with E-state index in [-0.39, 0.29) is 12.4 Å². The standard InChI is InChI=1S/C14H18N2OS.ClH/c1-2-7-13-12(6-1)16-14(17-13)18-10-8-11-5-3-4-9-15-11;/h1-2,6-7,11,15H,3-5,8-10H2;1H. The van der Waals surface area contributed by atoms with Crippen LogP contribution in [0.1, 0.15) is 25.7 Å². The summed E-state index contributed by atoms with van der Waals surface area (Å²) in [4.78, 5) is 4.47. The molecule has 3 nitrogen and oxygen atoms in total. The van der Waals surface area contributed by atoms with Gasteiger partial charge in [-0.05, 0) is 37.9 Å². The fourth-order valence-electron chi connectivity index (χ4n) is 2.37. The van der Waals surface area contributed by atoms with Crippen molar-refractivity contribution in [2.24, 2.45) is 0 Å². The number of halogens is 1. The summed E-state index contributed by atoms with van der Waals surface area (Å²) in [5.41, 5.74) is 1.84. The van der Waals surface area contributed by atoms with Gasteiger partial charge in [-0.25, -0.2) is 4.98 Å². The van der Waals surface area contributed by atoms with Crippen LogP contribution in [0.5, 0.6) is 0 Å². The van der Waals surface area contributed by atoms with Crippen molar-refractivity contribution in [3.63, 3.8) is 0 Å². The molecule has 104 valence electrons. The summed E-state index contributed by atoms with van der Waals surface area (Å²) in [6.45, 7) is 1.18. The fourth-order valence-corrected chi connectivity index (χ4v) is 3.26. The number of benzene rings is 1. The largest absolute Gasteiger partial charge is 0.431 e. The Kier molecular flexibility index (Phi) is 5.55. The number of hydrogen-bond acceptors (Lipinski definition) is 4. The normalized spacial score (nSPS) is 19.3. The molecule has 2 aromatic rings. The van der Waals surface area contributed by atoms with Crippen molar-refractivity contribution in [2.45, 2.75) is 36.9 Å². The zero-order valence-corrected chi connectivity index (χ0v) is 12.4. The van der Waals surface area contributed by atoms with Gasteiger partial charge < -0.3 is 9.73 Å². The molecule has 1 atom stereocenters. The van der Waals surface area contributed by atoms with Crippen molar-refractivity contribution in [2.75, 3.05) is 12.3 Å². The lowest BCUT2D eigenvalue weighted by molar-refractivity contribution is 0.394. The average Bonchev–Trinajstić information content (AvgIpc) is 2.82. The highest BCUT2D eigenvalue weighted by Crippen LogP contribution is 2.24. The molecule has 1 aliphatic heterocycles. The SMILES string of the molecule is Cl.c1ccc2oc(SCCC3CCCCN3)nc2c1. The van der Waals surface area contributed by atoms with Crippen LogP contribution in [0.3, 0.4) is 0 Å². The summed E-state index contributed by atoms with van der Waals surface area (Å²) in [5.74, 6) is 1.07. The first-order chi connectivity index (χ1) is 8.92. The number of thioether (sulfide) groups is 1. The van der Waals surface area contributed by atoms with Crippen LogP contribution in [0.2, 0.25) is 0 Å². The number of para-hydroxylation sites is 2. The minimum absolute atomic E-state index is 0. The zero-order chi connectivity index (χ0) is 12.2. The molecule has 0 radical (unpaired) electrons. The summed E-state index contributed by atoms with van der Waals surface area (Å²) in [6, 6.07) is 8.62. The van der Waals surface area contributed by atoms with E-state index in [0.717, 1.165) is 22.1 Å². The summed E-state index contributed by atoms with van der Waals surface area (Å²) >= 11 is 1.72. The van der Waals surface area contributed by atoms with Gasteiger partial charge in [0.25, 0.3) is 5.22 Å². The van der Waals surface area contributed by atoms with Gasteiger partial charge in [-0.3, -0.25) is 0 Å². The summed E-state index contributed by atoms with van der Waals surface area (Å²) in [6.07, 6.45) is 5.21. The van der Waals surface area contributed by atoms with Crippen molar-refractivity contribution in [1.82, 2.24) is 10.3 Å². The zero-order valence-electron chi connectivity index (χ0n) is 10.8. The Bertz CT molecular complexity index is 478. The van der Waals surface area contributed by atoms with Crippen LogP contribution in [0.15, 0.2) is 33.9 Å². The first-order valence-electron chi connectivity index (χ1n) is 6.63. The van der Waals surface area contributed by atoms with Crippen LogP contribution in [0.4, 0.5) is 0 Å². The van der Waals surface area contributed by atoms with Gasteiger partial charge >= 0.3 is 0 Å². The Morgan fingerprint density at radius 1 is 1.32 bits per heavy atom. The second-order valence-corrected chi connectivity index (χ2v) is 5.78. The van der Waals surface area contributed by atoms with E-state index in [1.807, 2.05) is 24.3 Å². The molecular weight excluding hydrogens is 280 g/mol. The quantitative estimate of drug-likeness (QED) is 0.870. The number of nitrogens with zero attached hydrogens (tertiary/aromatic N) is 1. The minimum Gasteiger partial charge on any atom is -0.431 e. The van der Waals surface area contributed by atoms with E-state index >= 15 is 0 Å². The maximum Gasteiger partial charge on any atom is 0.256 e. The van der Waals surface area contributed by atoms with Gasteiger partial charge in [0.2, 0.25) is 0 Å². The Morgan fingerprint density at radius 3 is 3.00 bits per heavy atom. The number of nitrogens with one attached hydrogen (secondary N) is 1. The van der Waals surface area contributed by atoms with E-state index in [1.165, 1.54) is 32.2 Å². The van der Waals surface area contributed by atoms with Crippen LogP contribution in [0.25, 0.3) is 11.1 Å². The van der Waals surface area contributed by atoms with E-state index < -0.39 is 0 Å². The first kappa shape index (κ1) is 14.7. The second-order valence-electron chi connectivity index (χ2n) is 4.73. The van der Waals surface area contributed by atoms with Gasteiger partial charge in [-0.1, -0.05) is 30.3 Å². The molecule has 2 heterocycles. The maximum absolute atomic E-state index is 5.69. The molecule has 0 bridgehead atoms. The van der Waals surface area contributed by atoms with Crippen molar-refractivity contribution in [1.29, 1.82) is 0 Å². The lowest BCUT2D eigenvalue weighted by Gasteiger charge is -2.22. The second kappa shape index (κ2) is 7.17. The Hall–Kier alpha value is -0.710. The van der Waals surface area contributed by atoms with Crippen molar-refractivity contribution >= 4 is 35.3 Å². The van der Waals surface area contributed by atoms with Crippen molar-refractivity contribution in [3.8, 4) is 0 Å². The van der Waals surface area contributed by atoms with Crippen LogP contribution in [-0.2, 0) is 0 Å². The number of fused-ring (bicyclic) bond motifs is 1. The number of oxazole rings is 1. The highest BCUT2D eigenvalue weighted by molar-refractivity contribution is 7.99. The third-order valence-corrected chi connectivity index (χ3v) is 4.24. The molecule has 1 fully saturated rings. The molecule has 1 aromatic carbocycles. The van der Waals surface area contributed by atoms with Gasteiger partial charge in [0.1, 0.15) is 5.52 Å². The first-order valence-corrected chi connectivity index (χ1v) is 7.62. The molecule has 0 spiro atoms. The topological polar surface area (TPSA) is 38.1 Å². The molecule has 1 saturated heterocycles. The smallest absolute Gasteiger partial charge is 0.256 e. The molecule has 0 amide bonds. The van der Waals surface area contributed by atoms with Crippen LogP contribution in [0, 0.1) is 0 Å². The predicted molar refractivity (Wildman–Crippen MR) is 82.2 cm³/mol. The lowest BCUT2D eigenvalue weighted by Crippen LogP contribution is -2.34. The highest BCUT2D eigenvalue weighted by atomic mass is 35.5. The van der Waals surface area contributed by atoms with Gasteiger partial charge in [0.05, 0.1) is 0 Å². The van der Waals surface area contributed by atoms with E-state index in [2.05, 4.69) is 10.3 Å². The fraction of sp³-hybridized carbons (Fsp3) is 0.500. The molecule has 1 aromatic heterocycles. The van der Waals surface area contributed by atoms with Crippen molar-refractivity contribution in [3.05, 3.63) is 24.3 Å². The van der Waals surface area contributed by atoms with E-state index in [0.29, 0.717) is 6.04 Å². The predicted octanol–water partition coefficient (Wildman–Crippen LogP) is 3.87. The minimum atomic E-state index is 0. The van der Waals surface area contributed by atoms with E-state index in [9.17, 15) is 0 Å². The number of rotatable bonds is 4. The number of piperidine rings is 1. The summed E-state index contributed by atoms with van der Waals surface area (Å²) in [5, 5.41) is 4.37. The lowest BCUT2D eigenvalue weighted by atomic mass is 10.0. The maximum atomic E-state index is 5.69. The molecule has 0 saturated carbocycles. The molecular formula is C14H19ClN2OS. The molecule has 5 heteroatoms. The van der Waals surface area contributed by atoms with Gasteiger partial charge in [-0.15, -0.1) is 12.4 Å². The number of hydrogen-bond donors (Lipinski definition) is 1. The third kappa shape index (κ3) is 3.88. The molecule has 1 unspecified atom stereocenters. The van der Waals surface area contributed by atoms with Gasteiger partial charge in [0, 0.05) is 11.8 Å². The van der Waals surface area contributed by atoms with E-state index in [1.54, 1.807) is 11.8 Å². The monoisotopic (exact) mass is 298 g/mol. The van der Waals surface area contributed by atoms with Crippen molar-refractivity contribution < 1.29 is 4.42 Å². The molecule has 3 rings (SSSR count). The van der Waals surface area contributed by atoms with E-state index in [4.69, 9.17) is 4.42 Å². The number of aromatic nitrogens is 1. The third-order valence-electron chi connectivity index (χ3n) is 3.38. The Labute approximate surface area is 124 Å². The summed E-state index contributed by atoms with van der Waals surface area (Å²) < 4.78 is 5.69. The molecule has 0 aliphatic carbocycles. The van der Waals surface area contributed by atoms with Crippen LogP contribution >= 0.6 is 24.2 Å². The average molecular weight is 299 g/mol. The highest BCUT2D eigenvalue weighted by Gasteiger charge is 2.13. The Balaban J connectivity index is 0.00000133. The molecule has 1 N–H and O–H groups in total. The van der Waals surface area contributed by atoms with Crippen LogP contribution in [-0.4, -0.2) is 23.3 Å². The van der Waals surface area contributed by atoms with Crippen LogP contribution < -0.4 is 5.32 Å². The van der Waals surface area contributed by atoms with Gasteiger partial charge in [-0.2, -0.15) is 0 Å². The Morgan fingerprint density at radius 2 is 2.21 bits per heavy atom. The summed E-state index contributed by atoms with van der Waals surface area (Å²) in [7, 11) is 0. The molecule has 19 heavy (non-hydrogen) atoms. The molecule has 1 aliphatic rings. The van der Waals surface area contributed by atoms with Gasteiger partial charge in [0.15, 0.2) is 5.58 Å².